The maximum absolute atomic E-state index is 4.55. The fraction of sp³-hybridized carbons (Fsp3) is 0.500. The maximum atomic E-state index is 4.55. The fourth-order valence-electron chi connectivity index (χ4n) is 1.33. The van der Waals surface area contributed by atoms with Gasteiger partial charge in [0.15, 0.2) is 8.24 Å². The maximum Gasteiger partial charge on any atom is 0.184 e. The Morgan fingerprint density at radius 2 is 1.64 bits per heavy atom. The van der Waals surface area contributed by atoms with Crippen LogP contribution in [0.3, 0.4) is 0 Å². The quantitative estimate of drug-likeness (QED) is 0.457. The van der Waals surface area contributed by atoms with Gasteiger partial charge in [-0.25, -0.2) is 0 Å². The van der Waals surface area contributed by atoms with Gasteiger partial charge in [-0.1, -0.05) is 12.2 Å². The van der Waals surface area contributed by atoms with Crippen molar-refractivity contribution in [1.29, 1.82) is 0 Å². The molecule has 1 rings (SSSR count). The summed E-state index contributed by atoms with van der Waals surface area (Å²) in [5.74, 6) is 3.23. The molecule has 0 aromatic carbocycles. The molecule has 0 amide bonds. The van der Waals surface area contributed by atoms with E-state index in [2.05, 4.69) is 56.2 Å². The Morgan fingerprint density at radius 3 is 2.07 bits per heavy atom. The highest BCUT2D eigenvalue weighted by molar-refractivity contribution is 6.75. The molecule has 0 aliphatic heterocycles. The minimum Gasteiger partial charge on any atom is -0.283 e. The number of rotatable bonds is 1. The largest absolute Gasteiger partial charge is 0.283 e. The molecule has 1 nitrogen and oxygen atoms in total. The molecule has 0 N–H and O–H groups in total. The van der Waals surface area contributed by atoms with E-state index in [-0.39, 0.29) is 0 Å². The summed E-state index contributed by atoms with van der Waals surface area (Å²) in [6, 6.07) is 0. The van der Waals surface area contributed by atoms with Crippen molar-refractivity contribution < 1.29 is 0 Å². The zero-order valence-electron chi connectivity index (χ0n) is 9.81. The summed E-state index contributed by atoms with van der Waals surface area (Å²) < 4.78 is 4.55. The van der Waals surface area contributed by atoms with E-state index in [9.17, 15) is 0 Å². The topological polar surface area (TPSA) is 12.4 Å². The average Bonchev–Trinajstić information content (AvgIpc) is 2.01. The number of allylic oxidation sites excluding steroid dienone is 5. The van der Waals surface area contributed by atoms with Gasteiger partial charge in [0, 0.05) is 5.57 Å². The molecule has 2 heteroatoms. The minimum absolute atomic E-state index is 1.05. The van der Waals surface area contributed by atoms with Crippen LogP contribution in [0.1, 0.15) is 20.3 Å². The van der Waals surface area contributed by atoms with Crippen molar-refractivity contribution in [2.75, 3.05) is 0 Å². The van der Waals surface area contributed by atoms with Gasteiger partial charge in [0.2, 0.25) is 0 Å². The highest BCUT2D eigenvalue weighted by atomic mass is 28.3. The molecule has 1 aliphatic carbocycles. The van der Waals surface area contributed by atoms with Crippen molar-refractivity contribution in [2.24, 2.45) is 4.66 Å². The minimum atomic E-state index is -1.36. The van der Waals surface area contributed by atoms with Crippen molar-refractivity contribution in [3.8, 4) is 0 Å². The van der Waals surface area contributed by atoms with Crippen LogP contribution in [0.2, 0.25) is 19.6 Å². The standard InChI is InChI=1S/C12H19NSi/c1-10-7-6-8-11(2)12(10)9-13-14(3,4)5/h7-8H,6H2,1-5H3. The van der Waals surface area contributed by atoms with Crippen LogP contribution in [0.5, 0.6) is 0 Å². The lowest BCUT2D eigenvalue weighted by molar-refractivity contribution is 1.19. The molecular weight excluding hydrogens is 186 g/mol. The van der Waals surface area contributed by atoms with Gasteiger partial charge in [-0.05, 0) is 56.9 Å². The normalized spacial score (nSPS) is 17.1. The second-order valence-electron chi connectivity index (χ2n) is 4.78. The van der Waals surface area contributed by atoms with E-state index in [0.29, 0.717) is 0 Å². The molecule has 0 spiro atoms. The third-order valence-corrected chi connectivity index (χ3v) is 2.92. The first-order valence-electron chi connectivity index (χ1n) is 5.09. The highest BCUT2D eigenvalue weighted by Crippen LogP contribution is 2.21. The molecule has 0 fully saturated rings. The summed E-state index contributed by atoms with van der Waals surface area (Å²) in [5.41, 5.74) is 3.82. The van der Waals surface area contributed by atoms with Crippen molar-refractivity contribution in [2.45, 2.75) is 39.9 Å². The zero-order chi connectivity index (χ0) is 10.8. The van der Waals surface area contributed by atoms with Crippen LogP contribution in [0.15, 0.2) is 33.5 Å². The van der Waals surface area contributed by atoms with Crippen LogP contribution in [0.25, 0.3) is 0 Å². The smallest absolute Gasteiger partial charge is 0.184 e. The molecule has 0 atom stereocenters. The first-order valence-corrected chi connectivity index (χ1v) is 8.54. The summed E-state index contributed by atoms with van der Waals surface area (Å²) in [6.45, 7) is 10.9. The Hall–Kier alpha value is -0.853. The zero-order valence-corrected chi connectivity index (χ0v) is 10.8. The Kier molecular flexibility index (Phi) is 3.30. The Labute approximate surface area is 88.0 Å². The summed E-state index contributed by atoms with van der Waals surface area (Å²) >= 11 is 0. The van der Waals surface area contributed by atoms with Gasteiger partial charge >= 0.3 is 0 Å². The molecule has 0 saturated carbocycles. The van der Waals surface area contributed by atoms with Crippen LogP contribution in [-0.2, 0) is 0 Å². The van der Waals surface area contributed by atoms with Gasteiger partial charge in [-0.3, -0.25) is 4.66 Å². The summed E-state index contributed by atoms with van der Waals surface area (Å²) in [7, 11) is -1.36. The van der Waals surface area contributed by atoms with Crippen LogP contribution in [-0.4, -0.2) is 14.1 Å². The van der Waals surface area contributed by atoms with Crippen LogP contribution < -0.4 is 0 Å². The van der Waals surface area contributed by atoms with Crippen LogP contribution >= 0.6 is 0 Å². The summed E-state index contributed by atoms with van der Waals surface area (Å²) in [4.78, 5) is 0. The Morgan fingerprint density at radius 1 is 1.14 bits per heavy atom. The summed E-state index contributed by atoms with van der Waals surface area (Å²) in [5, 5.41) is 0. The van der Waals surface area contributed by atoms with Gasteiger partial charge < -0.3 is 0 Å². The predicted molar refractivity (Wildman–Crippen MR) is 66.4 cm³/mol. The van der Waals surface area contributed by atoms with E-state index < -0.39 is 8.24 Å². The lowest BCUT2D eigenvalue weighted by atomic mass is 9.95. The van der Waals surface area contributed by atoms with Gasteiger partial charge in [0.1, 0.15) is 0 Å². The third kappa shape index (κ3) is 3.13. The fourth-order valence-corrected chi connectivity index (χ4v) is 1.77. The number of nitrogens with zero attached hydrogens (tertiary/aromatic N) is 1. The molecule has 0 radical (unpaired) electrons. The van der Waals surface area contributed by atoms with Crippen molar-refractivity contribution in [3.63, 3.8) is 0 Å². The van der Waals surface area contributed by atoms with E-state index in [1.807, 2.05) is 0 Å². The molecule has 14 heavy (non-hydrogen) atoms. The third-order valence-electron chi connectivity index (χ3n) is 2.14. The first-order chi connectivity index (χ1) is 6.40. The highest BCUT2D eigenvalue weighted by Gasteiger charge is 2.11. The summed E-state index contributed by atoms with van der Waals surface area (Å²) in [6.07, 6.45) is 5.51. The van der Waals surface area contributed by atoms with Gasteiger partial charge in [0.25, 0.3) is 0 Å². The van der Waals surface area contributed by atoms with Crippen molar-refractivity contribution in [3.05, 3.63) is 28.9 Å². The molecule has 0 aromatic heterocycles. The molecule has 0 heterocycles. The number of hydrogen-bond donors (Lipinski definition) is 0. The van der Waals surface area contributed by atoms with E-state index >= 15 is 0 Å². The molecule has 0 unspecified atom stereocenters. The molecule has 1 aliphatic rings. The average molecular weight is 205 g/mol. The monoisotopic (exact) mass is 205 g/mol. The number of hydrogen-bond acceptors (Lipinski definition) is 1. The lowest BCUT2D eigenvalue weighted by Crippen LogP contribution is -2.15. The first kappa shape index (κ1) is 11.2. The second-order valence-corrected chi connectivity index (χ2v) is 9.34. The predicted octanol–water partition coefficient (Wildman–Crippen LogP) is 3.71. The van der Waals surface area contributed by atoms with Gasteiger partial charge in [-0.15, -0.1) is 0 Å². The second kappa shape index (κ2) is 4.12. The molecule has 0 aromatic rings. The van der Waals surface area contributed by atoms with Crippen LogP contribution in [0, 0.1) is 0 Å². The van der Waals surface area contributed by atoms with E-state index in [0.717, 1.165) is 6.42 Å². The molecular formula is C12H19NSi. The Balaban J connectivity index is 3.07. The van der Waals surface area contributed by atoms with Crippen molar-refractivity contribution >= 4 is 14.1 Å². The van der Waals surface area contributed by atoms with Gasteiger partial charge in [0.05, 0.1) is 0 Å². The van der Waals surface area contributed by atoms with E-state index in [1.165, 1.54) is 16.7 Å². The van der Waals surface area contributed by atoms with E-state index in [1.54, 1.807) is 0 Å². The molecule has 0 saturated heterocycles. The van der Waals surface area contributed by atoms with E-state index in [4.69, 9.17) is 0 Å². The van der Waals surface area contributed by atoms with Crippen molar-refractivity contribution in [1.82, 2.24) is 0 Å². The van der Waals surface area contributed by atoms with Gasteiger partial charge in [-0.2, -0.15) is 0 Å². The Bertz CT molecular complexity index is 327. The lowest BCUT2D eigenvalue weighted by Gasteiger charge is -2.11. The molecule has 76 valence electrons. The SMILES string of the molecule is CC1=CCC=C(C)C1=C=N[Si](C)(C)C. The van der Waals surface area contributed by atoms with Crippen LogP contribution in [0.4, 0.5) is 0 Å². The molecule has 0 bridgehead atoms.